The molecule has 14 heavy (non-hydrogen) atoms. The van der Waals surface area contributed by atoms with E-state index in [0.717, 1.165) is 0 Å². The molecule has 1 saturated carbocycles. The third-order valence-corrected chi connectivity index (χ3v) is 5.47. The van der Waals surface area contributed by atoms with E-state index >= 15 is 0 Å². The van der Waals surface area contributed by atoms with E-state index < -0.39 is 5.41 Å². The maximum absolute atomic E-state index is 11.7. The Morgan fingerprint density at radius 2 is 1.93 bits per heavy atom. The second-order valence-corrected chi connectivity index (χ2v) is 5.99. The molecule has 4 heteroatoms. The molecule has 0 aromatic carbocycles. The summed E-state index contributed by atoms with van der Waals surface area (Å²) in [5.41, 5.74) is -0.890. The van der Waals surface area contributed by atoms with Gasteiger partial charge in [-0.15, -0.1) is 0 Å². The highest BCUT2D eigenvalue weighted by Gasteiger charge is 2.67. The Kier molecular flexibility index (Phi) is 1.88. The minimum absolute atomic E-state index is 0.0361. The average Bonchev–Trinajstić information content (AvgIpc) is 2.19. The molecule has 0 amide bonds. The maximum atomic E-state index is 11.7. The molecule has 2 fully saturated rings. The van der Waals surface area contributed by atoms with Crippen molar-refractivity contribution in [3.63, 3.8) is 0 Å². The van der Waals surface area contributed by atoms with Gasteiger partial charge >= 0.3 is 11.9 Å². The number of cyclic esters (lactones) is 2. The van der Waals surface area contributed by atoms with Crippen molar-refractivity contribution < 1.29 is 14.3 Å². The zero-order valence-electron chi connectivity index (χ0n) is 8.46. The van der Waals surface area contributed by atoms with E-state index in [-0.39, 0.29) is 28.1 Å². The maximum Gasteiger partial charge on any atom is 0.321 e. The van der Waals surface area contributed by atoms with Crippen LogP contribution in [0.25, 0.3) is 0 Å². The number of ether oxygens (including phenoxy) is 1. The van der Waals surface area contributed by atoms with Crippen molar-refractivity contribution in [2.45, 2.75) is 32.0 Å². The lowest BCUT2D eigenvalue weighted by Gasteiger charge is -2.43. The van der Waals surface area contributed by atoms with Gasteiger partial charge in [-0.05, 0) is 18.8 Å². The van der Waals surface area contributed by atoms with Crippen LogP contribution >= 0.6 is 15.9 Å². The third-order valence-electron chi connectivity index (χ3n) is 4.18. The first kappa shape index (κ1) is 10.1. The van der Waals surface area contributed by atoms with Gasteiger partial charge in [-0.3, -0.25) is 9.59 Å². The molecule has 1 heterocycles. The molecule has 0 aromatic rings. The number of carbonyl (C=O) groups is 2. The predicted molar refractivity (Wildman–Crippen MR) is 53.8 cm³/mol. The molecular formula is C10H13BrO3. The molecule has 2 bridgehead atoms. The zero-order valence-corrected chi connectivity index (χ0v) is 10.1. The molecule has 2 aliphatic rings. The number of hydrogen-bond donors (Lipinski definition) is 0. The van der Waals surface area contributed by atoms with Gasteiger partial charge < -0.3 is 4.74 Å². The molecule has 3 atom stereocenters. The molecule has 1 unspecified atom stereocenters. The number of alkyl halides is 1. The molecule has 1 aliphatic heterocycles. The zero-order chi connectivity index (χ0) is 10.7. The van der Waals surface area contributed by atoms with Crippen LogP contribution in [-0.4, -0.2) is 16.8 Å². The molecule has 0 spiro atoms. The highest BCUT2D eigenvalue weighted by Crippen LogP contribution is 2.61. The standard InChI is InChI=1S/C10H13BrO3/c1-9(2)5-4-6(11)10(9,3)8(13)14-7(5)12/h5-6H,4H2,1-3H3/t5-,6?,10+/m1/s1. The van der Waals surface area contributed by atoms with E-state index in [9.17, 15) is 9.59 Å². The first-order valence-corrected chi connectivity index (χ1v) is 5.63. The Bertz CT molecular complexity index is 323. The van der Waals surface area contributed by atoms with Crippen molar-refractivity contribution in [3.05, 3.63) is 0 Å². The summed E-state index contributed by atoms with van der Waals surface area (Å²) in [6.45, 7) is 5.82. The van der Waals surface area contributed by atoms with Gasteiger partial charge in [0.05, 0.1) is 11.3 Å². The summed E-state index contributed by atoms with van der Waals surface area (Å²) >= 11 is 3.49. The number of fused-ring (bicyclic) bond motifs is 2. The number of esters is 2. The topological polar surface area (TPSA) is 43.4 Å². The monoisotopic (exact) mass is 260 g/mol. The molecule has 1 aliphatic carbocycles. The lowest BCUT2D eigenvalue weighted by atomic mass is 9.64. The summed E-state index contributed by atoms with van der Waals surface area (Å²) < 4.78 is 4.77. The van der Waals surface area contributed by atoms with Crippen LogP contribution in [0.1, 0.15) is 27.2 Å². The summed E-state index contributed by atoms with van der Waals surface area (Å²) in [6.07, 6.45) is 0.689. The van der Waals surface area contributed by atoms with Crippen LogP contribution in [0.3, 0.4) is 0 Å². The highest BCUT2D eigenvalue weighted by molar-refractivity contribution is 9.09. The molecule has 3 nitrogen and oxygen atoms in total. The van der Waals surface area contributed by atoms with Crippen molar-refractivity contribution in [3.8, 4) is 0 Å². The number of halogens is 1. The fourth-order valence-electron chi connectivity index (χ4n) is 2.55. The summed E-state index contributed by atoms with van der Waals surface area (Å²) in [6, 6.07) is 0. The van der Waals surface area contributed by atoms with Crippen LogP contribution in [0.2, 0.25) is 0 Å². The van der Waals surface area contributed by atoms with Crippen molar-refractivity contribution in [2.75, 3.05) is 0 Å². The van der Waals surface area contributed by atoms with Crippen molar-refractivity contribution in [2.24, 2.45) is 16.7 Å². The SMILES string of the molecule is CC1(C)[C@@H]2CC(Br)[C@@]1(C)C(=O)OC2=O. The van der Waals surface area contributed by atoms with E-state index in [1.165, 1.54) is 0 Å². The van der Waals surface area contributed by atoms with Gasteiger partial charge in [-0.1, -0.05) is 29.8 Å². The first-order valence-electron chi connectivity index (χ1n) is 4.72. The summed E-state index contributed by atoms with van der Waals surface area (Å²) in [5, 5.41) is 0. The summed E-state index contributed by atoms with van der Waals surface area (Å²) in [4.78, 5) is 23.3. The van der Waals surface area contributed by atoms with Crippen LogP contribution in [0.4, 0.5) is 0 Å². The highest BCUT2D eigenvalue weighted by atomic mass is 79.9. The van der Waals surface area contributed by atoms with Crippen LogP contribution in [0, 0.1) is 16.7 Å². The van der Waals surface area contributed by atoms with Crippen molar-refractivity contribution >= 4 is 27.9 Å². The van der Waals surface area contributed by atoms with Crippen molar-refractivity contribution in [1.29, 1.82) is 0 Å². The average molecular weight is 261 g/mol. The molecule has 0 aromatic heterocycles. The van der Waals surface area contributed by atoms with Crippen LogP contribution in [0.5, 0.6) is 0 Å². The Balaban J connectivity index is 2.57. The molecular weight excluding hydrogens is 248 g/mol. The molecule has 78 valence electrons. The van der Waals surface area contributed by atoms with Gasteiger partial charge in [0.2, 0.25) is 0 Å². The van der Waals surface area contributed by atoms with Crippen LogP contribution in [-0.2, 0) is 14.3 Å². The first-order chi connectivity index (χ1) is 6.31. The Labute approximate surface area is 91.3 Å². The number of carbonyl (C=O) groups excluding carboxylic acids is 2. The number of rotatable bonds is 0. The Morgan fingerprint density at radius 1 is 1.36 bits per heavy atom. The van der Waals surface area contributed by atoms with E-state index in [1.807, 2.05) is 20.8 Å². The normalized spacial score (nSPS) is 45.1. The van der Waals surface area contributed by atoms with Gasteiger partial charge in [0.1, 0.15) is 0 Å². The molecule has 2 rings (SSSR count). The fraction of sp³-hybridized carbons (Fsp3) is 0.800. The minimum atomic E-state index is -0.578. The predicted octanol–water partition coefficient (Wildman–Crippen LogP) is 1.89. The van der Waals surface area contributed by atoms with Crippen molar-refractivity contribution in [1.82, 2.24) is 0 Å². The molecule has 0 N–H and O–H groups in total. The van der Waals surface area contributed by atoms with Gasteiger partial charge in [0.25, 0.3) is 0 Å². The number of hydrogen-bond acceptors (Lipinski definition) is 3. The summed E-state index contributed by atoms with van der Waals surface area (Å²) in [5.74, 6) is -0.905. The van der Waals surface area contributed by atoms with Gasteiger partial charge in [-0.2, -0.15) is 0 Å². The van der Waals surface area contributed by atoms with Gasteiger partial charge in [0, 0.05) is 4.83 Å². The van der Waals surface area contributed by atoms with Gasteiger partial charge in [0.15, 0.2) is 0 Å². The lowest BCUT2D eigenvalue weighted by molar-refractivity contribution is -0.184. The minimum Gasteiger partial charge on any atom is -0.392 e. The molecule has 0 radical (unpaired) electrons. The smallest absolute Gasteiger partial charge is 0.321 e. The van der Waals surface area contributed by atoms with E-state index in [1.54, 1.807) is 0 Å². The summed E-state index contributed by atoms with van der Waals surface area (Å²) in [7, 11) is 0. The Hall–Kier alpha value is -0.380. The second-order valence-electron chi connectivity index (χ2n) is 4.89. The largest absolute Gasteiger partial charge is 0.392 e. The van der Waals surface area contributed by atoms with Crippen LogP contribution < -0.4 is 0 Å². The second kappa shape index (κ2) is 2.60. The van der Waals surface area contributed by atoms with Crippen LogP contribution in [0.15, 0.2) is 0 Å². The fourth-order valence-corrected chi connectivity index (χ4v) is 3.70. The van der Waals surface area contributed by atoms with E-state index in [4.69, 9.17) is 4.74 Å². The van der Waals surface area contributed by atoms with Gasteiger partial charge in [-0.25, -0.2) is 0 Å². The lowest BCUT2D eigenvalue weighted by Crippen LogP contribution is -2.52. The van der Waals surface area contributed by atoms with E-state index in [2.05, 4.69) is 15.9 Å². The Morgan fingerprint density at radius 3 is 2.50 bits per heavy atom. The van der Waals surface area contributed by atoms with E-state index in [0.29, 0.717) is 6.42 Å². The molecule has 1 saturated heterocycles. The quantitative estimate of drug-likeness (QED) is 0.380. The third kappa shape index (κ3) is 0.879.